The lowest BCUT2D eigenvalue weighted by molar-refractivity contribution is 0.305. The lowest BCUT2D eigenvalue weighted by Gasteiger charge is -2.05. The first-order valence-corrected chi connectivity index (χ1v) is 8.09. The van der Waals surface area contributed by atoms with Crippen molar-refractivity contribution in [2.45, 2.75) is 17.2 Å². The molecule has 0 aliphatic rings. The first-order valence-electron chi connectivity index (χ1n) is 6.31. The van der Waals surface area contributed by atoms with Crippen molar-refractivity contribution >= 4 is 27.7 Å². The molecule has 0 fully saturated rings. The van der Waals surface area contributed by atoms with Crippen molar-refractivity contribution in [2.75, 3.05) is 6.61 Å². The predicted molar refractivity (Wildman–Crippen MR) is 86.5 cm³/mol. The zero-order valence-electron chi connectivity index (χ0n) is 11.1. The van der Waals surface area contributed by atoms with Gasteiger partial charge in [-0.1, -0.05) is 17.9 Å². The molecule has 1 N–H and O–H groups in total. The summed E-state index contributed by atoms with van der Waals surface area (Å²) in [4.78, 5) is 4.29. The minimum Gasteiger partial charge on any atom is -0.395 e. The molecule has 0 atom stereocenters. The van der Waals surface area contributed by atoms with Crippen molar-refractivity contribution in [2.24, 2.45) is 0 Å². The Bertz CT molecular complexity index is 664. The minimum absolute atomic E-state index is 0.00914. The molecule has 108 valence electrons. The summed E-state index contributed by atoms with van der Waals surface area (Å²) < 4.78 is 14.3. The van der Waals surface area contributed by atoms with Crippen LogP contribution < -0.4 is 0 Å². The number of halogens is 2. The van der Waals surface area contributed by atoms with E-state index in [0.29, 0.717) is 17.7 Å². The van der Waals surface area contributed by atoms with Gasteiger partial charge in [0.15, 0.2) is 0 Å². The van der Waals surface area contributed by atoms with Crippen LogP contribution in [0.4, 0.5) is 4.39 Å². The molecule has 1 aromatic heterocycles. The molecule has 2 aromatic rings. The Morgan fingerprint density at radius 2 is 2.14 bits per heavy atom. The predicted octanol–water partition coefficient (Wildman–Crippen LogP) is 4.01. The maximum Gasteiger partial charge on any atom is 0.124 e. The average molecular weight is 366 g/mol. The molecule has 0 unspecified atom stereocenters. The highest BCUT2D eigenvalue weighted by Crippen LogP contribution is 2.24. The van der Waals surface area contributed by atoms with Gasteiger partial charge in [0.1, 0.15) is 5.82 Å². The Kier molecular flexibility index (Phi) is 6.24. The zero-order valence-corrected chi connectivity index (χ0v) is 13.5. The van der Waals surface area contributed by atoms with E-state index in [1.54, 1.807) is 24.0 Å². The summed E-state index contributed by atoms with van der Waals surface area (Å²) in [5, 5.41) is 9.65. The quantitative estimate of drug-likeness (QED) is 0.656. The highest BCUT2D eigenvalue weighted by Gasteiger charge is 2.04. The van der Waals surface area contributed by atoms with Gasteiger partial charge in [0.05, 0.1) is 11.6 Å². The first kappa shape index (κ1) is 16.0. The largest absolute Gasteiger partial charge is 0.395 e. The van der Waals surface area contributed by atoms with E-state index < -0.39 is 0 Å². The smallest absolute Gasteiger partial charge is 0.124 e. The maximum absolute atomic E-state index is 13.3. The minimum atomic E-state index is -0.307. The molecule has 0 aliphatic heterocycles. The lowest BCUT2D eigenvalue weighted by Crippen LogP contribution is -1.90. The number of aliphatic hydroxyl groups excluding tert-OH is 1. The summed E-state index contributed by atoms with van der Waals surface area (Å²) in [5.41, 5.74) is 1.62. The third-order valence-corrected chi connectivity index (χ3v) is 4.07. The van der Waals surface area contributed by atoms with E-state index in [9.17, 15) is 4.39 Å². The Balaban J connectivity index is 2.12. The van der Waals surface area contributed by atoms with Gasteiger partial charge in [-0.2, -0.15) is 0 Å². The number of benzene rings is 1. The van der Waals surface area contributed by atoms with Gasteiger partial charge in [0.2, 0.25) is 0 Å². The van der Waals surface area contributed by atoms with Gasteiger partial charge >= 0.3 is 0 Å². The van der Waals surface area contributed by atoms with Gasteiger partial charge in [-0.05, 0) is 45.8 Å². The molecule has 0 spiro atoms. The number of hydrogen-bond donors (Lipinski definition) is 1. The summed E-state index contributed by atoms with van der Waals surface area (Å²) in [5.74, 6) is 6.09. The fourth-order valence-electron chi connectivity index (χ4n) is 1.60. The Hall–Kier alpha value is -1.35. The van der Waals surface area contributed by atoms with Gasteiger partial charge in [-0.15, -0.1) is 11.8 Å². The van der Waals surface area contributed by atoms with Gasteiger partial charge in [0.25, 0.3) is 0 Å². The van der Waals surface area contributed by atoms with Crippen LogP contribution >= 0.6 is 27.7 Å². The molecule has 2 nitrogen and oxygen atoms in total. The molecule has 1 aromatic carbocycles. The van der Waals surface area contributed by atoms with E-state index in [-0.39, 0.29) is 12.4 Å². The van der Waals surface area contributed by atoms with Crippen LogP contribution in [0.15, 0.2) is 46.0 Å². The van der Waals surface area contributed by atoms with Crippen LogP contribution in [0.3, 0.4) is 0 Å². The molecule has 0 amide bonds. The highest BCUT2D eigenvalue weighted by molar-refractivity contribution is 9.10. The van der Waals surface area contributed by atoms with E-state index in [1.807, 2.05) is 12.1 Å². The van der Waals surface area contributed by atoms with Crippen molar-refractivity contribution in [3.8, 4) is 11.8 Å². The van der Waals surface area contributed by atoms with E-state index in [2.05, 4.69) is 32.8 Å². The van der Waals surface area contributed by atoms with Crippen LogP contribution in [0.25, 0.3) is 0 Å². The van der Waals surface area contributed by atoms with Crippen molar-refractivity contribution in [1.82, 2.24) is 4.98 Å². The van der Waals surface area contributed by atoms with Crippen LogP contribution in [0.2, 0.25) is 0 Å². The number of nitrogens with zero attached hydrogens (tertiary/aromatic N) is 1. The SMILES string of the molecule is OCCC#Cc1cc(F)ccc1CSc1ccc(Br)cn1. The third kappa shape index (κ3) is 5.16. The van der Waals surface area contributed by atoms with Crippen LogP contribution in [0.5, 0.6) is 0 Å². The summed E-state index contributed by atoms with van der Waals surface area (Å²) >= 11 is 4.91. The summed E-state index contributed by atoms with van der Waals surface area (Å²) in [6, 6.07) is 8.46. The van der Waals surface area contributed by atoms with Gasteiger partial charge in [0, 0.05) is 28.4 Å². The normalized spacial score (nSPS) is 10.0. The summed E-state index contributed by atoms with van der Waals surface area (Å²) in [7, 11) is 0. The van der Waals surface area contributed by atoms with Crippen molar-refractivity contribution in [3.63, 3.8) is 0 Å². The topological polar surface area (TPSA) is 33.1 Å². The summed E-state index contributed by atoms with van der Waals surface area (Å²) in [6.45, 7) is 0.00914. The Morgan fingerprint density at radius 1 is 1.29 bits per heavy atom. The highest BCUT2D eigenvalue weighted by atomic mass is 79.9. The standard InChI is InChI=1S/C16H13BrFNOS/c17-14-5-7-16(19-10-14)21-11-13-4-6-15(18)9-12(13)3-1-2-8-20/h4-7,9-10,20H,2,8,11H2. The number of hydrogen-bond acceptors (Lipinski definition) is 3. The van der Waals surface area contributed by atoms with Gasteiger partial charge in [-0.3, -0.25) is 0 Å². The molecule has 0 saturated carbocycles. The van der Waals surface area contributed by atoms with Crippen molar-refractivity contribution in [1.29, 1.82) is 0 Å². The van der Waals surface area contributed by atoms with E-state index in [0.717, 1.165) is 15.1 Å². The van der Waals surface area contributed by atoms with Crippen LogP contribution in [0, 0.1) is 17.7 Å². The average Bonchev–Trinajstić information content (AvgIpc) is 2.48. The van der Waals surface area contributed by atoms with Gasteiger partial charge in [-0.25, -0.2) is 9.37 Å². The Labute approximate surface area is 135 Å². The second kappa shape index (κ2) is 8.18. The van der Waals surface area contributed by atoms with E-state index >= 15 is 0 Å². The molecule has 1 heterocycles. The monoisotopic (exact) mass is 365 g/mol. The number of pyridine rings is 1. The first-order chi connectivity index (χ1) is 10.2. The maximum atomic E-state index is 13.3. The molecule has 21 heavy (non-hydrogen) atoms. The number of aromatic nitrogens is 1. The number of thioether (sulfide) groups is 1. The molecule has 5 heteroatoms. The second-order valence-electron chi connectivity index (χ2n) is 4.18. The molecule has 2 rings (SSSR count). The fourth-order valence-corrected chi connectivity index (χ4v) is 2.69. The van der Waals surface area contributed by atoms with Crippen LogP contribution in [-0.2, 0) is 5.75 Å². The van der Waals surface area contributed by atoms with Crippen LogP contribution in [0.1, 0.15) is 17.5 Å². The fraction of sp³-hybridized carbons (Fsp3) is 0.188. The van der Waals surface area contributed by atoms with Crippen molar-refractivity contribution in [3.05, 3.63) is 57.9 Å². The van der Waals surface area contributed by atoms with E-state index in [1.165, 1.54) is 12.1 Å². The molecular weight excluding hydrogens is 353 g/mol. The molecule has 0 bridgehead atoms. The number of rotatable bonds is 4. The zero-order chi connectivity index (χ0) is 15.1. The van der Waals surface area contributed by atoms with E-state index in [4.69, 9.17) is 5.11 Å². The second-order valence-corrected chi connectivity index (χ2v) is 6.09. The Morgan fingerprint density at radius 3 is 2.86 bits per heavy atom. The lowest BCUT2D eigenvalue weighted by atomic mass is 10.1. The molecule has 0 saturated heterocycles. The molecule has 0 aliphatic carbocycles. The molecular formula is C16H13BrFNOS. The van der Waals surface area contributed by atoms with Crippen molar-refractivity contribution < 1.29 is 9.50 Å². The number of aliphatic hydroxyl groups is 1. The molecule has 0 radical (unpaired) electrons. The van der Waals surface area contributed by atoms with Crippen LogP contribution in [-0.4, -0.2) is 16.7 Å². The van der Waals surface area contributed by atoms with Gasteiger partial charge < -0.3 is 5.11 Å². The third-order valence-electron chi connectivity index (χ3n) is 2.61. The summed E-state index contributed by atoms with van der Waals surface area (Å²) in [6.07, 6.45) is 2.13.